The summed E-state index contributed by atoms with van der Waals surface area (Å²) in [6, 6.07) is 9.27. The minimum Gasteiger partial charge on any atom is -0.469 e. The smallest absolute Gasteiger partial charge is 0.407 e. The first-order valence-corrected chi connectivity index (χ1v) is 6.75. The molecular formula is C15H19NO4. The van der Waals surface area contributed by atoms with Crippen molar-refractivity contribution in [2.45, 2.75) is 31.9 Å². The topological polar surface area (TPSA) is 64.6 Å². The molecule has 5 nitrogen and oxygen atoms in total. The molecule has 0 saturated heterocycles. The highest BCUT2D eigenvalue weighted by molar-refractivity contribution is 5.75. The summed E-state index contributed by atoms with van der Waals surface area (Å²) in [6.07, 6.45) is 1.94. The van der Waals surface area contributed by atoms with E-state index in [-0.39, 0.29) is 24.5 Å². The van der Waals surface area contributed by atoms with Gasteiger partial charge in [-0.2, -0.15) is 0 Å². The third-order valence-electron chi connectivity index (χ3n) is 3.54. The van der Waals surface area contributed by atoms with Crippen molar-refractivity contribution in [2.75, 3.05) is 7.11 Å². The lowest BCUT2D eigenvalue weighted by Gasteiger charge is -2.18. The zero-order valence-corrected chi connectivity index (χ0v) is 11.5. The second-order valence-corrected chi connectivity index (χ2v) is 4.87. The van der Waals surface area contributed by atoms with Crippen LogP contribution in [0.25, 0.3) is 0 Å². The highest BCUT2D eigenvalue weighted by atomic mass is 16.5. The Morgan fingerprint density at radius 3 is 2.70 bits per heavy atom. The Labute approximate surface area is 118 Å². The molecule has 0 heterocycles. The average molecular weight is 277 g/mol. The number of ether oxygens (including phenoxy) is 2. The molecule has 1 fully saturated rings. The van der Waals surface area contributed by atoms with Crippen LogP contribution >= 0.6 is 0 Å². The van der Waals surface area contributed by atoms with Crippen molar-refractivity contribution in [1.29, 1.82) is 0 Å². The largest absolute Gasteiger partial charge is 0.469 e. The van der Waals surface area contributed by atoms with Gasteiger partial charge in [-0.05, 0) is 18.4 Å². The van der Waals surface area contributed by atoms with Crippen LogP contribution in [0.15, 0.2) is 30.3 Å². The first-order chi connectivity index (χ1) is 9.70. The van der Waals surface area contributed by atoms with Gasteiger partial charge in [0.15, 0.2) is 0 Å². The molecule has 1 aliphatic rings. The third-order valence-corrected chi connectivity index (χ3v) is 3.54. The van der Waals surface area contributed by atoms with E-state index in [1.807, 2.05) is 30.3 Å². The number of hydrogen-bond donors (Lipinski definition) is 1. The van der Waals surface area contributed by atoms with E-state index in [4.69, 9.17) is 9.47 Å². The number of nitrogens with one attached hydrogen (secondary N) is 1. The van der Waals surface area contributed by atoms with Crippen LogP contribution in [0.4, 0.5) is 4.79 Å². The standard InChI is InChI=1S/C15H19NO4/c1-19-14(17)12-8-5-9-13(12)16-15(18)20-10-11-6-3-2-4-7-11/h2-4,6-7,12-13H,5,8-10H2,1H3,(H,16,18)/t12-,13-/m0/s1. The van der Waals surface area contributed by atoms with Crippen LogP contribution in [0.1, 0.15) is 24.8 Å². The van der Waals surface area contributed by atoms with Crippen molar-refractivity contribution in [2.24, 2.45) is 5.92 Å². The summed E-state index contributed by atoms with van der Waals surface area (Å²) in [5.41, 5.74) is 0.929. The number of rotatable bonds is 4. The third kappa shape index (κ3) is 3.73. The molecule has 0 aliphatic heterocycles. The van der Waals surface area contributed by atoms with Crippen molar-refractivity contribution >= 4 is 12.1 Å². The first-order valence-electron chi connectivity index (χ1n) is 6.75. The number of carbonyl (C=O) groups is 2. The molecule has 0 radical (unpaired) electrons. The van der Waals surface area contributed by atoms with Crippen LogP contribution in [-0.4, -0.2) is 25.2 Å². The van der Waals surface area contributed by atoms with Crippen molar-refractivity contribution in [3.63, 3.8) is 0 Å². The number of carbonyl (C=O) groups excluding carboxylic acids is 2. The number of hydrogen-bond acceptors (Lipinski definition) is 4. The maximum atomic E-state index is 11.7. The summed E-state index contributed by atoms with van der Waals surface area (Å²) < 4.78 is 9.89. The van der Waals surface area contributed by atoms with Gasteiger partial charge in [-0.25, -0.2) is 4.79 Å². The normalized spacial score (nSPS) is 21.2. The molecule has 0 aromatic heterocycles. The number of alkyl carbamates (subject to hydrolysis) is 1. The lowest BCUT2D eigenvalue weighted by Crippen LogP contribution is -2.40. The summed E-state index contributed by atoms with van der Waals surface area (Å²) >= 11 is 0. The molecule has 1 N–H and O–H groups in total. The summed E-state index contributed by atoms with van der Waals surface area (Å²) in [4.78, 5) is 23.3. The monoisotopic (exact) mass is 277 g/mol. The highest BCUT2D eigenvalue weighted by Gasteiger charge is 2.35. The maximum absolute atomic E-state index is 11.7. The summed E-state index contributed by atoms with van der Waals surface area (Å²) in [5, 5.41) is 2.75. The predicted octanol–water partition coefficient (Wildman–Crippen LogP) is 2.25. The van der Waals surface area contributed by atoms with Gasteiger partial charge in [0, 0.05) is 6.04 Å². The quantitative estimate of drug-likeness (QED) is 0.857. The van der Waals surface area contributed by atoms with Crippen molar-refractivity contribution in [3.8, 4) is 0 Å². The van der Waals surface area contributed by atoms with E-state index in [1.54, 1.807) is 0 Å². The summed E-state index contributed by atoms with van der Waals surface area (Å²) in [5.74, 6) is -0.528. The molecule has 0 spiro atoms. The number of amides is 1. The van der Waals surface area contributed by atoms with E-state index >= 15 is 0 Å². The summed E-state index contributed by atoms with van der Waals surface area (Å²) in [6.45, 7) is 0.224. The van der Waals surface area contributed by atoms with Gasteiger partial charge in [-0.3, -0.25) is 4.79 Å². The molecule has 2 rings (SSSR count). The van der Waals surface area contributed by atoms with Gasteiger partial charge in [-0.1, -0.05) is 36.8 Å². The van der Waals surface area contributed by atoms with E-state index in [0.29, 0.717) is 0 Å². The van der Waals surface area contributed by atoms with Crippen LogP contribution in [0.2, 0.25) is 0 Å². The molecular weight excluding hydrogens is 258 g/mol. The Hall–Kier alpha value is -2.04. The van der Waals surface area contributed by atoms with Crippen molar-refractivity contribution in [1.82, 2.24) is 5.32 Å². The van der Waals surface area contributed by atoms with Crippen LogP contribution in [0.5, 0.6) is 0 Å². The van der Waals surface area contributed by atoms with Gasteiger partial charge in [0.05, 0.1) is 13.0 Å². The minimum absolute atomic E-state index is 0.189. The Balaban J connectivity index is 1.80. The Bertz CT molecular complexity index is 460. The molecule has 1 aromatic rings. The number of methoxy groups -OCH3 is 1. The Kier molecular flexibility index (Phi) is 4.98. The van der Waals surface area contributed by atoms with Gasteiger partial charge in [0.2, 0.25) is 0 Å². The second kappa shape index (κ2) is 6.93. The van der Waals surface area contributed by atoms with Gasteiger partial charge >= 0.3 is 12.1 Å². The lowest BCUT2D eigenvalue weighted by atomic mass is 10.0. The predicted molar refractivity (Wildman–Crippen MR) is 72.9 cm³/mol. The van der Waals surface area contributed by atoms with Gasteiger partial charge in [0.25, 0.3) is 0 Å². The highest BCUT2D eigenvalue weighted by Crippen LogP contribution is 2.26. The van der Waals surface area contributed by atoms with Gasteiger partial charge in [-0.15, -0.1) is 0 Å². The molecule has 1 aromatic carbocycles. The van der Waals surface area contributed by atoms with Crippen LogP contribution in [-0.2, 0) is 20.9 Å². The first kappa shape index (κ1) is 14.4. The Morgan fingerprint density at radius 1 is 1.25 bits per heavy atom. The number of esters is 1. The molecule has 5 heteroatoms. The maximum Gasteiger partial charge on any atom is 0.407 e. The van der Waals surface area contributed by atoms with E-state index in [2.05, 4.69) is 5.32 Å². The zero-order valence-electron chi connectivity index (χ0n) is 11.5. The van der Waals surface area contributed by atoms with Crippen molar-refractivity contribution in [3.05, 3.63) is 35.9 Å². The van der Waals surface area contributed by atoms with Gasteiger partial charge < -0.3 is 14.8 Å². The van der Waals surface area contributed by atoms with Crippen LogP contribution in [0, 0.1) is 5.92 Å². The Morgan fingerprint density at radius 2 is 2.00 bits per heavy atom. The zero-order chi connectivity index (χ0) is 14.4. The van der Waals surface area contributed by atoms with E-state index in [1.165, 1.54) is 7.11 Å². The van der Waals surface area contributed by atoms with Gasteiger partial charge in [0.1, 0.15) is 6.61 Å². The minimum atomic E-state index is -0.491. The molecule has 20 heavy (non-hydrogen) atoms. The van der Waals surface area contributed by atoms with Crippen LogP contribution in [0.3, 0.4) is 0 Å². The SMILES string of the molecule is COC(=O)[C@H]1CCC[C@@H]1NC(=O)OCc1ccccc1. The van der Waals surface area contributed by atoms with Crippen LogP contribution < -0.4 is 5.32 Å². The molecule has 1 saturated carbocycles. The summed E-state index contributed by atoms with van der Waals surface area (Å²) in [7, 11) is 1.37. The number of benzene rings is 1. The lowest BCUT2D eigenvalue weighted by molar-refractivity contribution is -0.145. The van der Waals surface area contributed by atoms with E-state index < -0.39 is 6.09 Å². The molecule has 0 unspecified atom stereocenters. The fourth-order valence-corrected chi connectivity index (χ4v) is 2.48. The molecule has 0 bridgehead atoms. The van der Waals surface area contributed by atoms with E-state index in [9.17, 15) is 9.59 Å². The molecule has 108 valence electrons. The molecule has 2 atom stereocenters. The second-order valence-electron chi connectivity index (χ2n) is 4.87. The molecule has 1 aliphatic carbocycles. The fourth-order valence-electron chi connectivity index (χ4n) is 2.48. The van der Waals surface area contributed by atoms with Crippen molar-refractivity contribution < 1.29 is 19.1 Å². The average Bonchev–Trinajstić information content (AvgIpc) is 2.93. The molecule has 1 amide bonds. The van der Waals surface area contributed by atoms with E-state index in [0.717, 1.165) is 24.8 Å². The fraction of sp³-hybridized carbons (Fsp3) is 0.467.